The molecular formula is C13H14Cl2N4S. The lowest BCUT2D eigenvalue weighted by atomic mass is 10.3. The van der Waals surface area contributed by atoms with E-state index in [0.717, 1.165) is 17.9 Å². The van der Waals surface area contributed by atoms with Crippen molar-refractivity contribution < 1.29 is 0 Å². The Labute approximate surface area is 132 Å². The molecule has 2 rings (SSSR count). The predicted molar refractivity (Wildman–Crippen MR) is 87.0 cm³/mol. The lowest BCUT2D eigenvalue weighted by molar-refractivity contribution is 0.860. The van der Waals surface area contributed by atoms with Gasteiger partial charge in [-0.15, -0.1) is 0 Å². The van der Waals surface area contributed by atoms with Gasteiger partial charge >= 0.3 is 0 Å². The normalized spacial score (nSPS) is 11.5. The highest BCUT2D eigenvalue weighted by atomic mass is 35.5. The number of allylic oxidation sites excluding steroid dienone is 1. The van der Waals surface area contributed by atoms with E-state index in [1.54, 1.807) is 12.1 Å². The predicted octanol–water partition coefficient (Wildman–Crippen LogP) is 4.56. The molecule has 0 aliphatic carbocycles. The molecule has 0 aliphatic rings. The molecule has 0 fully saturated rings. The Morgan fingerprint density at radius 1 is 1.35 bits per heavy atom. The lowest BCUT2D eigenvalue weighted by Crippen LogP contribution is -2.08. The molecule has 1 aromatic heterocycles. The van der Waals surface area contributed by atoms with Crippen molar-refractivity contribution in [1.29, 1.82) is 0 Å². The summed E-state index contributed by atoms with van der Waals surface area (Å²) >= 11 is 13.1. The maximum absolute atomic E-state index is 5.97. The molecule has 0 aliphatic heterocycles. The van der Waals surface area contributed by atoms with E-state index < -0.39 is 0 Å². The number of nitrogens with zero attached hydrogens (tertiary/aromatic N) is 2. The van der Waals surface area contributed by atoms with Crippen LogP contribution in [-0.4, -0.2) is 15.9 Å². The van der Waals surface area contributed by atoms with Crippen molar-refractivity contribution in [3.05, 3.63) is 39.8 Å². The Morgan fingerprint density at radius 3 is 2.85 bits per heavy atom. The Bertz CT molecular complexity index is 625. The molecule has 0 bridgehead atoms. The molecule has 0 saturated heterocycles. The molecule has 2 N–H and O–H groups in total. The van der Waals surface area contributed by atoms with E-state index in [1.807, 2.05) is 26.0 Å². The van der Waals surface area contributed by atoms with Crippen molar-refractivity contribution in [1.82, 2.24) is 14.7 Å². The molecule has 20 heavy (non-hydrogen) atoms. The lowest BCUT2D eigenvalue weighted by Gasteiger charge is -2.03. The van der Waals surface area contributed by atoms with Crippen LogP contribution in [0.1, 0.15) is 19.7 Å². The van der Waals surface area contributed by atoms with Crippen LogP contribution in [0.25, 0.3) is 6.08 Å². The quantitative estimate of drug-likeness (QED) is 0.844. The second-order valence-electron chi connectivity index (χ2n) is 4.07. The van der Waals surface area contributed by atoms with Crippen LogP contribution >= 0.6 is 34.7 Å². The van der Waals surface area contributed by atoms with E-state index in [4.69, 9.17) is 23.2 Å². The molecule has 2 aromatic rings. The van der Waals surface area contributed by atoms with Gasteiger partial charge in [-0.1, -0.05) is 23.2 Å². The van der Waals surface area contributed by atoms with Crippen molar-refractivity contribution in [2.75, 3.05) is 11.9 Å². The summed E-state index contributed by atoms with van der Waals surface area (Å²) in [7, 11) is 0. The third-order valence-corrected chi connectivity index (χ3v) is 3.80. The zero-order valence-electron chi connectivity index (χ0n) is 11.1. The van der Waals surface area contributed by atoms with E-state index in [9.17, 15) is 0 Å². The minimum absolute atomic E-state index is 0.504. The second kappa shape index (κ2) is 6.92. The highest BCUT2D eigenvalue weighted by molar-refractivity contribution is 7.09. The van der Waals surface area contributed by atoms with E-state index in [1.165, 1.54) is 11.5 Å². The van der Waals surface area contributed by atoms with Gasteiger partial charge in [0.05, 0.1) is 10.0 Å². The molecular weight excluding hydrogens is 315 g/mol. The first-order valence-electron chi connectivity index (χ1n) is 6.06. The van der Waals surface area contributed by atoms with Crippen LogP contribution in [-0.2, 0) is 0 Å². The SMILES string of the molecule is CCN/C(C)=C/c1nsc(Nc2ccc(Cl)c(Cl)c2)n1. The van der Waals surface area contributed by atoms with Gasteiger partial charge in [0.25, 0.3) is 0 Å². The van der Waals surface area contributed by atoms with Gasteiger partial charge in [-0.25, -0.2) is 0 Å². The van der Waals surface area contributed by atoms with E-state index in [0.29, 0.717) is 21.0 Å². The molecule has 1 aromatic carbocycles. The second-order valence-corrected chi connectivity index (χ2v) is 5.64. The topological polar surface area (TPSA) is 49.8 Å². The number of hydrogen-bond donors (Lipinski definition) is 2. The minimum atomic E-state index is 0.504. The van der Waals surface area contributed by atoms with Crippen LogP contribution in [0.15, 0.2) is 23.9 Å². The van der Waals surface area contributed by atoms with Gasteiger partial charge in [-0.05, 0) is 32.0 Å². The summed E-state index contributed by atoms with van der Waals surface area (Å²) in [5, 5.41) is 8.09. The summed E-state index contributed by atoms with van der Waals surface area (Å²) in [6.07, 6.45) is 1.90. The van der Waals surface area contributed by atoms with E-state index >= 15 is 0 Å². The monoisotopic (exact) mass is 328 g/mol. The molecule has 4 nitrogen and oxygen atoms in total. The fraction of sp³-hybridized carbons (Fsp3) is 0.231. The average molecular weight is 329 g/mol. The number of anilines is 2. The van der Waals surface area contributed by atoms with Crippen molar-refractivity contribution in [3.63, 3.8) is 0 Å². The van der Waals surface area contributed by atoms with E-state index in [-0.39, 0.29) is 0 Å². The maximum Gasteiger partial charge on any atom is 0.207 e. The van der Waals surface area contributed by atoms with Crippen LogP contribution in [0.3, 0.4) is 0 Å². The molecule has 7 heteroatoms. The van der Waals surface area contributed by atoms with Gasteiger partial charge in [-0.2, -0.15) is 9.36 Å². The van der Waals surface area contributed by atoms with E-state index in [2.05, 4.69) is 20.0 Å². The van der Waals surface area contributed by atoms with Crippen molar-refractivity contribution in [2.24, 2.45) is 0 Å². The fourth-order valence-electron chi connectivity index (χ4n) is 1.57. The molecule has 0 radical (unpaired) electrons. The Hall–Kier alpha value is -1.30. The first kappa shape index (κ1) is 15.1. The number of benzene rings is 1. The molecule has 0 spiro atoms. The number of aromatic nitrogens is 2. The summed E-state index contributed by atoms with van der Waals surface area (Å²) in [6.45, 7) is 4.90. The molecule has 106 valence electrons. The molecule has 0 unspecified atom stereocenters. The highest BCUT2D eigenvalue weighted by Gasteiger charge is 2.04. The van der Waals surface area contributed by atoms with Crippen molar-refractivity contribution >= 4 is 51.6 Å². The van der Waals surface area contributed by atoms with Gasteiger partial charge in [0.2, 0.25) is 5.13 Å². The number of rotatable bonds is 5. The van der Waals surface area contributed by atoms with Gasteiger partial charge in [0.1, 0.15) is 0 Å². The summed E-state index contributed by atoms with van der Waals surface area (Å²) in [6, 6.07) is 5.34. The zero-order valence-corrected chi connectivity index (χ0v) is 13.4. The average Bonchev–Trinajstić information content (AvgIpc) is 2.81. The first-order valence-corrected chi connectivity index (χ1v) is 7.59. The van der Waals surface area contributed by atoms with Gasteiger partial charge in [0.15, 0.2) is 5.82 Å². The van der Waals surface area contributed by atoms with Crippen LogP contribution < -0.4 is 10.6 Å². The molecule has 0 amide bonds. The Balaban J connectivity index is 2.09. The summed E-state index contributed by atoms with van der Waals surface area (Å²) in [4.78, 5) is 4.38. The Morgan fingerprint density at radius 2 is 2.15 bits per heavy atom. The zero-order chi connectivity index (χ0) is 14.5. The molecule has 0 atom stereocenters. The fourth-order valence-corrected chi connectivity index (χ4v) is 2.43. The third kappa shape index (κ3) is 4.10. The Kier molecular flexibility index (Phi) is 5.23. The number of hydrogen-bond acceptors (Lipinski definition) is 5. The first-order chi connectivity index (χ1) is 9.58. The smallest absolute Gasteiger partial charge is 0.207 e. The number of nitrogens with one attached hydrogen (secondary N) is 2. The summed E-state index contributed by atoms with van der Waals surface area (Å²) in [5.41, 5.74) is 1.86. The van der Waals surface area contributed by atoms with Gasteiger partial charge in [0, 0.05) is 35.5 Å². The maximum atomic E-state index is 5.97. The summed E-state index contributed by atoms with van der Waals surface area (Å²) < 4.78 is 4.27. The molecule has 0 saturated carbocycles. The van der Waals surface area contributed by atoms with Crippen LogP contribution in [0, 0.1) is 0 Å². The summed E-state index contributed by atoms with van der Waals surface area (Å²) in [5.74, 6) is 0.677. The van der Waals surface area contributed by atoms with Crippen LogP contribution in [0.5, 0.6) is 0 Å². The van der Waals surface area contributed by atoms with Crippen LogP contribution in [0.2, 0.25) is 10.0 Å². The third-order valence-electron chi connectivity index (χ3n) is 2.41. The van der Waals surface area contributed by atoms with Crippen LogP contribution in [0.4, 0.5) is 10.8 Å². The largest absolute Gasteiger partial charge is 0.389 e. The highest BCUT2D eigenvalue weighted by Crippen LogP contribution is 2.27. The van der Waals surface area contributed by atoms with Crippen molar-refractivity contribution in [3.8, 4) is 0 Å². The standard InChI is InChI=1S/C13H14Cl2N4S/c1-3-16-8(2)6-12-18-13(20-19-12)17-9-4-5-10(14)11(15)7-9/h4-7,16H,3H2,1-2H3,(H,17,18,19)/b8-6+. The van der Waals surface area contributed by atoms with Crippen molar-refractivity contribution in [2.45, 2.75) is 13.8 Å². The minimum Gasteiger partial charge on any atom is -0.389 e. The number of halogens is 2. The van der Waals surface area contributed by atoms with Gasteiger partial charge in [-0.3, -0.25) is 0 Å². The van der Waals surface area contributed by atoms with Gasteiger partial charge < -0.3 is 10.6 Å². The molecule has 1 heterocycles.